The molecular weight excluding hydrogens is 460 g/mol. The summed E-state index contributed by atoms with van der Waals surface area (Å²) in [6.07, 6.45) is 0.516. The fraction of sp³-hybridized carbons (Fsp3) is 0.286. The standard InChI is InChI=1S/C28H30N2O6/c1-17-7-9-18(10-8-17)23-16-22(21-12-11-20(32-2)15-24(21)33-3)29-30(23)28(31)19-13-25(34-4)27(36-6)26(14-19)35-5/h7-15,23H,16H2,1-6H3. The number of hydrogen-bond acceptors (Lipinski definition) is 7. The van der Waals surface area contributed by atoms with Crippen LogP contribution in [0.25, 0.3) is 0 Å². The molecule has 0 bridgehead atoms. The summed E-state index contributed by atoms with van der Waals surface area (Å²) >= 11 is 0. The Labute approximate surface area is 211 Å². The van der Waals surface area contributed by atoms with Crippen molar-refractivity contribution < 1.29 is 28.5 Å². The smallest absolute Gasteiger partial charge is 0.274 e. The SMILES string of the molecule is COc1ccc(C2=NN(C(=O)c3cc(OC)c(OC)c(OC)c3)C(c3ccc(C)cc3)C2)c(OC)c1. The van der Waals surface area contributed by atoms with Crippen LogP contribution in [0.1, 0.15) is 39.5 Å². The van der Waals surface area contributed by atoms with Crippen LogP contribution < -0.4 is 23.7 Å². The summed E-state index contributed by atoms with van der Waals surface area (Å²) in [6.45, 7) is 2.03. The Hall–Kier alpha value is -4.20. The molecule has 188 valence electrons. The Balaban J connectivity index is 1.81. The Morgan fingerprint density at radius 2 is 1.44 bits per heavy atom. The minimum absolute atomic E-state index is 0.290. The number of nitrogens with zero attached hydrogens (tertiary/aromatic N) is 2. The van der Waals surface area contributed by atoms with Gasteiger partial charge in [-0.25, -0.2) is 5.01 Å². The molecule has 0 saturated heterocycles. The van der Waals surface area contributed by atoms with Gasteiger partial charge in [-0.1, -0.05) is 29.8 Å². The number of methoxy groups -OCH3 is 5. The van der Waals surface area contributed by atoms with Gasteiger partial charge in [-0.05, 0) is 36.8 Å². The lowest BCUT2D eigenvalue weighted by Gasteiger charge is -2.23. The largest absolute Gasteiger partial charge is 0.497 e. The van der Waals surface area contributed by atoms with Crippen LogP contribution in [0.5, 0.6) is 28.7 Å². The van der Waals surface area contributed by atoms with E-state index in [4.69, 9.17) is 28.8 Å². The molecular formula is C28H30N2O6. The van der Waals surface area contributed by atoms with Crippen LogP contribution in [0, 0.1) is 6.92 Å². The maximum Gasteiger partial charge on any atom is 0.274 e. The van der Waals surface area contributed by atoms with Crippen LogP contribution in [-0.4, -0.2) is 52.2 Å². The number of carbonyl (C=O) groups is 1. The summed E-state index contributed by atoms with van der Waals surface area (Å²) in [5.74, 6) is 2.22. The van der Waals surface area contributed by atoms with E-state index in [-0.39, 0.29) is 11.9 Å². The number of hydrogen-bond donors (Lipinski definition) is 0. The number of rotatable bonds is 8. The van der Waals surface area contributed by atoms with E-state index in [0.29, 0.717) is 40.7 Å². The van der Waals surface area contributed by atoms with Crippen molar-refractivity contribution >= 4 is 11.6 Å². The molecule has 8 nitrogen and oxygen atoms in total. The zero-order valence-corrected chi connectivity index (χ0v) is 21.3. The van der Waals surface area contributed by atoms with Gasteiger partial charge in [0.25, 0.3) is 5.91 Å². The maximum atomic E-state index is 13.9. The van der Waals surface area contributed by atoms with Crippen molar-refractivity contribution in [2.45, 2.75) is 19.4 Å². The molecule has 3 aromatic carbocycles. The molecule has 1 unspecified atom stereocenters. The molecule has 0 aromatic heterocycles. The lowest BCUT2D eigenvalue weighted by atomic mass is 9.97. The zero-order valence-electron chi connectivity index (χ0n) is 21.3. The van der Waals surface area contributed by atoms with Crippen molar-refractivity contribution in [3.05, 3.63) is 76.9 Å². The summed E-state index contributed by atoms with van der Waals surface area (Å²) in [4.78, 5) is 13.9. The van der Waals surface area contributed by atoms with E-state index in [1.54, 1.807) is 26.4 Å². The lowest BCUT2D eigenvalue weighted by molar-refractivity contribution is 0.0710. The summed E-state index contributed by atoms with van der Waals surface area (Å²) in [7, 11) is 7.76. The first-order valence-corrected chi connectivity index (χ1v) is 11.4. The maximum absolute atomic E-state index is 13.9. The predicted molar refractivity (Wildman–Crippen MR) is 137 cm³/mol. The van der Waals surface area contributed by atoms with Crippen molar-refractivity contribution in [2.75, 3.05) is 35.5 Å². The molecule has 1 heterocycles. The molecule has 4 rings (SSSR count). The van der Waals surface area contributed by atoms with Gasteiger partial charge in [0.15, 0.2) is 11.5 Å². The van der Waals surface area contributed by atoms with E-state index < -0.39 is 0 Å². The number of ether oxygens (including phenoxy) is 5. The molecule has 1 aliphatic heterocycles. The fourth-order valence-electron chi connectivity index (χ4n) is 4.28. The number of carbonyl (C=O) groups excluding carboxylic acids is 1. The Kier molecular flexibility index (Phi) is 7.33. The normalized spacial score (nSPS) is 14.8. The predicted octanol–water partition coefficient (Wildman–Crippen LogP) is 5.03. The van der Waals surface area contributed by atoms with E-state index in [0.717, 1.165) is 22.4 Å². The van der Waals surface area contributed by atoms with Crippen LogP contribution in [0.3, 0.4) is 0 Å². The molecule has 0 spiro atoms. The highest BCUT2D eigenvalue weighted by molar-refractivity contribution is 6.07. The number of hydrazone groups is 1. The van der Waals surface area contributed by atoms with E-state index in [1.807, 2.05) is 49.4 Å². The minimum atomic E-state index is -0.306. The van der Waals surface area contributed by atoms with E-state index in [1.165, 1.54) is 26.3 Å². The van der Waals surface area contributed by atoms with Crippen molar-refractivity contribution in [1.29, 1.82) is 0 Å². The van der Waals surface area contributed by atoms with Gasteiger partial charge < -0.3 is 23.7 Å². The van der Waals surface area contributed by atoms with Crippen LogP contribution >= 0.6 is 0 Å². The second-order valence-corrected chi connectivity index (χ2v) is 8.31. The van der Waals surface area contributed by atoms with Gasteiger partial charge in [-0.3, -0.25) is 4.79 Å². The monoisotopic (exact) mass is 490 g/mol. The summed E-state index contributed by atoms with van der Waals surface area (Å²) < 4.78 is 27.3. The van der Waals surface area contributed by atoms with Crippen molar-refractivity contribution in [3.8, 4) is 28.7 Å². The highest BCUT2D eigenvalue weighted by atomic mass is 16.5. The van der Waals surface area contributed by atoms with Gasteiger partial charge in [-0.15, -0.1) is 0 Å². The number of aryl methyl sites for hydroxylation is 1. The first-order valence-electron chi connectivity index (χ1n) is 11.4. The van der Waals surface area contributed by atoms with Crippen LogP contribution in [-0.2, 0) is 0 Å². The number of benzene rings is 3. The molecule has 1 atom stereocenters. The molecule has 0 aliphatic carbocycles. The first kappa shape index (κ1) is 24.9. The molecule has 0 saturated carbocycles. The van der Waals surface area contributed by atoms with Crippen molar-refractivity contribution in [1.82, 2.24) is 5.01 Å². The molecule has 0 N–H and O–H groups in total. The third-order valence-electron chi connectivity index (χ3n) is 6.21. The van der Waals surface area contributed by atoms with Gasteiger partial charge in [0.1, 0.15) is 11.5 Å². The lowest BCUT2D eigenvalue weighted by Crippen LogP contribution is -2.27. The molecule has 36 heavy (non-hydrogen) atoms. The molecule has 8 heteroatoms. The van der Waals surface area contributed by atoms with E-state index in [9.17, 15) is 4.79 Å². The third-order valence-corrected chi connectivity index (χ3v) is 6.21. The summed E-state index contributed by atoms with van der Waals surface area (Å²) in [5.41, 5.74) is 4.02. The first-order chi connectivity index (χ1) is 17.4. The topological polar surface area (TPSA) is 78.8 Å². The molecule has 1 aliphatic rings. The van der Waals surface area contributed by atoms with Crippen LogP contribution in [0.15, 0.2) is 59.7 Å². The second kappa shape index (κ2) is 10.6. The van der Waals surface area contributed by atoms with Crippen molar-refractivity contribution in [2.24, 2.45) is 5.10 Å². The van der Waals surface area contributed by atoms with E-state index in [2.05, 4.69) is 0 Å². The van der Waals surface area contributed by atoms with Gasteiger partial charge in [-0.2, -0.15) is 5.10 Å². The Morgan fingerprint density at radius 3 is 2.00 bits per heavy atom. The third kappa shape index (κ3) is 4.66. The van der Waals surface area contributed by atoms with Gasteiger partial charge in [0.05, 0.1) is 47.3 Å². The van der Waals surface area contributed by atoms with Gasteiger partial charge in [0, 0.05) is 23.6 Å². The molecule has 3 aromatic rings. The van der Waals surface area contributed by atoms with E-state index >= 15 is 0 Å². The van der Waals surface area contributed by atoms with Crippen LogP contribution in [0.2, 0.25) is 0 Å². The molecule has 1 amide bonds. The minimum Gasteiger partial charge on any atom is -0.497 e. The van der Waals surface area contributed by atoms with Gasteiger partial charge >= 0.3 is 0 Å². The summed E-state index contributed by atoms with van der Waals surface area (Å²) in [6, 6.07) is 16.6. The highest BCUT2D eigenvalue weighted by Crippen LogP contribution is 2.41. The fourth-order valence-corrected chi connectivity index (χ4v) is 4.28. The van der Waals surface area contributed by atoms with Crippen molar-refractivity contribution in [3.63, 3.8) is 0 Å². The second-order valence-electron chi connectivity index (χ2n) is 8.31. The average molecular weight is 491 g/mol. The van der Waals surface area contributed by atoms with Crippen LogP contribution in [0.4, 0.5) is 0 Å². The summed E-state index contributed by atoms with van der Waals surface area (Å²) in [5, 5.41) is 6.32. The quantitative estimate of drug-likeness (QED) is 0.441. The Morgan fingerprint density at radius 1 is 0.806 bits per heavy atom. The molecule has 0 radical (unpaired) electrons. The number of amides is 1. The average Bonchev–Trinajstić information content (AvgIpc) is 3.36. The Bertz CT molecular complexity index is 1260. The molecule has 0 fully saturated rings. The highest BCUT2D eigenvalue weighted by Gasteiger charge is 2.35. The van der Waals surface area contributed by atoms with Gasteiger partial charge in [0.2, 0.25) is 5.75 Å². The zero-order chi connectivity index (χ0) is 25.8.